The summed E-state index contributed by atoms with van der Waals surface area (Å²) in [5.74, 6) is -0.771. The number of nitro benzene ring substituents is 1. The third-order valence-corrected chi connectivity index (χ3v) is 4.41. The molecule has 0 aliphatic heterocycles. The number of nitrogens with zero attached hydrogens (tertiary/aromatic N) is 2. The monoisotopic (exact) mass is 417 g/mol. The summed E-state index contributed by atoms with van der Waals surface area (Å²) in [6, 6.07) is 17.4. The summed E-state index contributed by atoms with van der Waals surface area (Å²) in [6.07, 6.45) is 1.51. The first-order valence-electron chi connectivity index (χ1n) is 9.16. The maximum Gasteiger partial charge on any atom is 0.339 e. The van der Waals surface area contributed by atoms with E-state index in [1.165, 1.54) is 30.5 Å². The Morgan fingerprint density at radius 1 is 1.06 bits per heavy atom. The molecule has 0 aliphatic rings. The minimum absolute atomic E-state index is 0.0960. The van der Waals surface area contributed by atoms with Crippen molar-refractivity contribution in [3.63, 3.8) is 0 Å². The van der Waals surface area contributed by atoms with Gasteiger partial charge in [0.15, 0.2) is 12.4 Å². The number of para-hydroxylation sites is 1. The van der Waals surface area contributed by atoms with E-state index in [9.17, 15) is 19.7 Å². The highest BCUT2D eigenvalue weighted by Crippen LogP contribution is 2.25. The van der Waals surface area contributed by atoms with Gasteiger partial charge in [0.1, 0.15) is 5.69 Å². The molecule has 2 aromatic carbocycles. The van der Waals surface area contributed by atoms with Gasteiger partial charge in [0.05, 0.1) is 22.3 Å². The number of aromatic nitrogens is 1. The van der Waals surface area contributed by atoms with Gasteiger partial charge >= 0.3 is 5.97 Å². The Hall–Kier alpha value is -4.53. The largest absolute Gasteiger partial charge is 0.463 e. The maximum absolute atomic E-state index is 12.7. The van der Waals surface area contributed by atoms with Gasteiger partial charge < -0.3 is 14.5 Å². The number of carbonyl (C=O) groups is 2. The molecule has 9 nitrogen and oxygen atoms in total. The second-order valence-corrected chi connectivity index (χ2v) is 6.48. The lowest BCUT2D eigenvalue weighted by atomic mass is 10.1. The molecule has 0 saturated heterocycles. The van der Waals surface area contributed by atoms with Crippen molar-refractivity contribution in [2.75, 3.05) is 11.9 Å². The van der Waals surface area contributed by atoms with E-state index >= 15 is 0 Å². The van der Waals surface area contributed by atoms with Gasteiger partial charge in [0.25, 0.3) is 11.6 Å². The third-order valence-electron chi connectivity index (χ3n) is 4.41. The molecule has 4 rings (SSSR count). The van der Waals surface area contributed by atoms with Crippen molar-refractivity contribution in [2.45, 2.75) is 0 Å². The van der Waals surface area contributed by atoms with E-state index in [0.29, 0.717) is 28.0 Å². The van der Waals surface area contributed by atoms with E-state index in [1.807, 2.05) is 0 Å². The Labute approximate surface area is 175 Å². The first kappa shape index (κ1) is 19.8. The zero-order chi connectivity index (χ0) is 21.8. The number of ether oxygens (including phenoxy) is 1. The summed E-state index contributed by atoms with van der Waals surface area (Å²) in [5, 5.41) is 13.8. The lowest BCUT2D eigenvalue weighted by molar-refractivity contribution is -0.384. The number of furan rings is 1. The van der Waals surface area contributed by atoms with Gasteiger partial charge in [-0.2, -0.15) is 0 Å². The van der Waals surface area contributed by atoms with Crippen molar-refractivity contribution >= 4 is 34.2 Å². The topological polar surface area (TPSA) is 125 Å². The molecule has 0 saturated carbocycles. The third kappa shape index (κ3) is 4.40. The van der Waals surface area contributed by atoms with E-state index in [4.69, 9.17) is 9.15 Å². The van der Waals surface area contributed by atoms with Crippen LogP contribution < -0.4 is 5.32 Å². The first-order valence-corrected chi connectivity index (χ1v) is 9.16. The molecular formula is C22H15N3O6. The molecule has 0 radical (unpaired) electrons. The predicted molar refractivity (Wildman–Crippen MR) is 111 cm³/mol. The molecule has 154 valence electrons. The number of anilines is 1. The number of nitro groups is 1. The van der Waals surface area contributed by atoms with Crippen molar-refractivity contribution in [1.29, 1.82) is 0 Å². The highest BCUT2D eigenvalue weighted by Gasteiger charge is 2.17. The fourth-order valence-corrected chi connectivity index (χ4v) is 2.97. The van der Waals surface area contributed by atoms with Crippen molar-refractivity contribution in [2.24, 2.45) is 0 Å². The van der Waals surface area contributed by atoms with Gasteiger partial charge in [-0.1, -0.05) is 18.2 Å². The van der Waals surface area contributed by atoms with Crippen molar-refractivity contribution in [3.05, 3.63) is 88.7 Å². The minimum atomic E-state index is -0.690. The van der Waals surface area contributed by atoms with Gasteiger partial charge in [0.2, 0.25) is 0 Å². The number of carbonyl (C=O) groups excluding carboxylic acids is 2. The number of rotatable bonds is 6. The molecule has 2 aromatic heterocycles. The molecule has 0 aliphatic carbocycles. The molecular weight excluding hydrogens is 402 g/mol. The second kappa shape index (κ2) is 8.46. The van der Waals surface area contributed by atoms with Crippen LogP contribution in [0, 0.1) is 10.1 Å². The van der Waals surface area contributed by atoms with Gasteiger partial charge in [0, 0.05) is 23.2 Å². The highest BCUT2D eigenvalue weighted by atomic mass is 16.6. The summed E-state index contributed by atoms with van der Waals surface area (Å²) in [5.41, 5.74) is 1.55. The summed E-state index contributed by atoms with van der Waals surface area (Å²) in [6.45, 7) is -0.525. The van der Waals surface area contributed by atoms with Crippen LogP contribution >= 0.6 is 0 Å². The number of amides is 1. The van der Waals surface area contributed by atoms with Crippen molar-refractivity contribution < 1.29 is 23.7 Å². The fourth-order valence-electron chi connectivity index (χ4n) is 2.97. The number of hydrogen-bond donors (Lipinski definition) is 1. The number of hydrogen-bond acceptors (Lipinski definition) is 7. The van der Waals surface area contributed by atoms with Crippen LogP contribution in [0.3, 0.4) is 0 Å². The Morgan fingerprint density at radius 3 is 2.55 bits per heavy atom. The highest BCUT2D eigenvalue weighted by molar-refractivity contribution is 6.05. The normalized spacial score (nSPS) is 10.6. The number of fused-ring (bicyclic) bond motifs is 1. The molecule has 1 amide bonds. The molecule has 0 unspecified atom stereocenters. The van der Waals surface area contributed by atoms with Crippen LogP contribution in [0.1, 0.15) is 10.4 Å². The van der Waals surface area contributed by atoms with E-state index in [0.717, 1.165) is 0 Å². The lowest BCUT2D eigenvalue weighted by Crippen LogP contribution is -2.21. The number of benzene rings is 2. The fraction of sp³-hybridized carbons (Fsp3) is 0.0455. The van der Waals surface area contributed by atoms with Crippen LogP contribution in [0.4, 0.5) is 11.4 Å². The SMILES string of the molecule is O=C(COC(=O)c1cc(-c2ccco2)nc2ccccc12)Nc1ccc([N+](=O)[O-])cc1. The Morgan fingerprint density at radius 2 is 1.84 bits per heavy atom. The van der Waals surface area contributed by atoms with Crippen molar-refractivity contribution in [1.82, 2.24) is 4.98 Å². The van der Waals surface area contributed by atoms with Crippen LogP contribution in [0.5, 0.6) is 0 Å². The molecule has 0 fully saturated rings. The Bertz CT molecular complexity index is 1270. The molecule has 9 heteroatoms. The summed E-state index contributed by atoms with van der Waals surface area (Å²) in [4.78, 5) is 39.5. The van der Waals surface area contributed by atoms with Crippen LogP contribution in [-0.4, -0.2) is 28.4 Å². The van der Waals surface area contributed by atoms with Gasteiger partial charge in [-0.05, 0) is 36.4 Å². The van der Waals surface area contributed by atoms with Crippen LogP contribution in [-0.2, 0) is 9.53 Å². The van der Waals surface area contributed by atoms with E-state index < -0.39 is 23.4 Å². The molecule has 1 N–H and O–H groups in total. The molecule has 0 atom stereocenters. The maximum atomic E-state index is 12.7. The van der Waals surface area contributed by atoms with Crippen LogP contribution in [0.15, 0.2) is 77.4 Å². The average Bonchev–Trinajstić information content (AvgIpc) is 3.32. The summed E-state index contributed by atoms with van der Waals surface area (Å²) < 4.78 is 10.6. The average molecular weight is 417 g/mol. The summed E-state index contributed by atoms with van der Waals surface area (Å²) in [7, 11) is 0. The molecule has 0 spiro atoms. The van der Waals surface area contributed by atoms with Gasteiger partial charge in [-0.3, -0.25) is 14.9 Å². The first-order chi connectivity index (χ1) is 15.0. The van der Waals surface area contributed by atoms with E-state index in [-0.39, 0.29) is 11.3 Å². The van der Waals surface area contributed by atoms with Crippen LogP contribution in [0.25, 0.3) is 22.4 Å². The standard InChI is InChI=1S/C22H15N3O6/c26-21(23-14-7-9-15(10-8-14)25(28)29)13-31-22(27)17-12-19(20-6-3-11-30-20)24-18-5-2-1-4-16(17)18/h1-12H,13H2,(H,23,26). The number of pyridine rings is 1. The quantitative estimate of drug-likeness (QED) is 0.283. The van der Waals surface area contributed by atoms with E-state index in [2.05, 4.69) is 10.3 Å². The zero-order valence-corrected chi connectivity index (χ0v) is 16.0. The number of non-ortho nitro benzene ring substituents is 1. The van der Waals surface area contributed by atoms with E-state index in [1.54, 1.807) is 42.5 Å². The molecule has 31 heavy (non-hydrogen) atoms. The molecule has 4 aromatic rings. The zero-order valence-electron chi connectivity index (χ0n) is 16.0. The molecule has 0 bridgehead atoms. The molecule has 2 heterocycles. The Balaban J connectivity index is 1.49. The second-order valence-electron chi connectivity index (χ2n) is 6.48. The van der Waals surface area contributed by atoms with Crippen molar-refractivity contribution in [3.8, 4) is 11.5 Å². The lowest BCUT2D eigenvalue weighted by Gasteiger charge is -2.09. The number of esters is 1. The predicted octanol–water partition coefficient (Wildman–Crippen LogP) is 4.20. The van der Waals surface area contributed by atoms with Crippen LogP contribution in [0.2, 0.25) is 0 Å². The smallest absolute Gasteiger partial charge is 0.339 e. The number of nitrogens with one attached hydrogen (secondary N) is 1. The Kier molecular flexibility index (Phi) is 5.39. The minimum Gasteiger partial charge on any atom is -0.463 e. The van der Waals surface area contributed by atoms with Gasteiger partial charge in [-0.15, -0.1) is 0 Å². The summed E-state index contributed by atoms with van der Waals surface area (Å²) >= 11 is 0. The van der Waals surface area contributed by atoms with Gasteiger partial charge in [-0.25, -0.2) is 9.78 Å².